The van der Waals surface area contributed by atoms with Gasteiger partial charge in [-0.25, -0.2) is 15.0 Å². The topological polar surface area (TPSA) is 140 Å². The van der Waals surface area contributed by atoms with Gasteiger partial charge in [-0.15, -0.1) is 0 Å². The van der Waals surface area contributed by atoms with Crippen molar-refractivity contribution in [3.8, 4) is 17.1 Å². The molecule has 4 rings (SSSR count). The van der Waals surface area contributed by atoms with Crippen molar-refractivity contribution < 1.29 is 33.0 Å². The third-order valence-corrected chi connectivity index (χ3v) is 6.49. The highest BCUT2D eigenvalue weighted by Crippen LogP contribution is 2.33. The number of thiocarbonyl (C=S) groups is 1. The van der Waals surface area contributed by atoms with Crippen LogP contribution in [0.25, 0.3) is 11.3 Å². The molecule has 1 aliphatic heterocycles. The van der Waals surface area contributed by atoms with Crippen LogP contribution in [0, 0.1) is 6.92 Å². The van der Waals surface area contributed by atoms with Gasteiger partial charge in [-0.2, -0.15) is 5.10 Å². The summed E-state index contributed by atoms with van der Waals surface area (Å²) in [6, 6.07) is 15.0. The van der Waals surface area contributed by atoms with Gasteiger partial charge in [0.15, 0.2) is 11.7 Å². The summed E-state index contributed by atoms with van der Waals surface area (Å²) in [5.41, 5.74) is 6.04. The van der Waals surface area contributed by atoms with E-state index in [4.69, 9.17) is 30.8 Å². The van der Waals surface area contributed by atoms with Gasteiger partial charge in [0.2, 0.25) is 0 Å². The lowest BCUT2D eigenvalue weighted by Gasteiger charge is -2.30. The number of methoxy groups -OCH3 is 1. The van der Waals surface area contributed by atoms with Crippen LogP contribution in [0.1, 0.15) is 47.1 Å². The predicted octanol–water partition coefficient (Wildman–Crippen LogP) is 3.93. The molecule has 0 saturated heterocycles. The number of carbonyl (C=O) groups excluding carboxylic acids is 3. The molecule has 1 atom stereocenters. The van der Waals surface area contributed by atoms with E-state index in [1.54, 1.807) is 68.4 Å². The van der Waals surface area contributed by atoms with Gasteiger partial charge in [-0.1, -0.05) is 24.3 Å². The molecule has 0 fully saturated rings. The smallest absolute Gasteiger partial charge is 0.338 e. The number of aryl methyl sites for hydroxylation is 1. The van der Waals surface area contributed by atoms with E-state index in [0.717, 1.165) is 11.1 Å². The third-order valence-electron chi connectivity index (χ3n) is 6.27. The van der Waals surface area contributed by atoms with Crippen molar-refractivity contribution in [3.05, 3.63) is 88.3 Å². The van der Waals surface area contributed by atoms with Crippen molar-refractivity contribution in [2.75, 3.05) is 20.3 Å². The first-order valence-corrected chi connectivity index (χ1v) is 13.4. The maximum absolute atomic E-state index is 12.7. The number of esters is 2. The molecular weight excluding hydrogens is 560 g/mol. The average Bonchev–Trinajstić information content (AvgIpc) is 3.43. The van der Waals surface area contributed by atoms with Gasteiger partial charge in [0.1, 0.15) is 17.3 Å². The molecular formula is C30H30N4O7S. The molecule has 218 valence electrons. The normalized spacial score (nSPS) is 14.7. The molecule has 1 amide bonds. The summed E-state index contributed by atoms with van der Waals surface area (Å²) in [6.07, 6.45) is 1.37. The number of benzene rings is 2. The Hall–Kier alpha value is -4.97. The van der Waals surface area contributed by atoms with Crippen molar-refractivity contribution >= 4 is 41.4 Å². The molecule has 12 heteroatoms. The van der Waals surface area contributed by atoms with E-state index in [1.165, 1.54) is 13.3 Å². The van der Waals surface area contributed by atoms with Crippen LogP contribution in [-0.2, 0) is 19.1 Å². The quantitative estimate of drug-likeness (QED) is 0.138. The second-order valence-electron chi connectivity index (χ2n) is 9.13. The highest BCUT2D eigenvalue weighted by atomic mass is 32.1. The Morgan fingerprint density at radius 2 is 1.88 bits per heavy atom. The van der Waals surface area contributed by atoms with Crippen LogP contribution in [0.4, 0.5) is 0 Å². The van der Waals surface area contributed by atoms with Crippen molar-refractivity contribution in [2.45, 2.75) is 26.8 Å². The van der Waals surface area contributed by atoms with Crippen LogP contribution in [0.5, 0.6) is 5.75 Å². The number of hydrogen-bond donors (Lipinski definition) is 3. The Balaban J connectivity index is 1.39. The van der Waals surface area contributed by atoms with Crippen LogP contribution < -0.4 is 20.8 Å². The van der Waals surface area contributed by atoms with E-state index < -0.39 is 23.9 Å². The van der Waals surface area contributed by atoms with Crippen LogP contribution in [0.2, 0.25) is 0 Å². The number of allylic oxidation sites excluding steroid dienone is 1. The minimum absolute atomic E-state index is 0.217. The highest BCUT2D eigenvalue weighted by molar-refractivity contribution is 7.80. The summed E-state index contributed by atoms with van der Waals surface area (Å²) in [7, 11) is 1.33. The van der Waals surface area contributed by atoms with Gasteiger partial charge < -0.3 is 29.3 Å². The van der Waals surface area contributed by atoms with E-state index in [9.17, 15) is 14.4 Å². The Kier molecular flexibility index (Phi) is 9.71. The Morgan fingerprint density at radius 1 is 1.10 bits per heavy atom. The van der Waals surface area contributed by atoms with E-state index in [1.807, 2.05) is 6.92 Å². The number of para-hydroxylation sites is 1. The van der Waals surface area contributed by atoms with E-state index in [0.29, 0.717) is 44.8 Å². The summed E-state index contributed by atoms with van der Waals surface area (Å²) in [4.78, 5) is 37.0. The summed E-state index contributed by atoms with van der Waals surface area (Å²) >= 11 is 5.30. The summed E-state index contributed by atoms with van der Waals surface area (Å²) in [5.74, 6) is -0.0333. The van der Waals surface area contributed by atoms with Gasteiger partial charge in [-0.3, -0.25) is 4.79 Å². The fourth-order valence-corrected chi connectivity index (χ4v) is 4.62. The standard InChI is InChI=1S/C30H30N4O7S/c1-5-39-29(37)26-18(3)32-30(42)33-27(26)22-8-6-7-9-23(22)40-16-25(35)34-31-15-20-11-13-24(41-20)21-12-10-19(14-17(21)2)28(36)38-4/h6-15,27H,5,16H2,1-4H3,(H,34,35)(H2,32,33,42)/t27-/m0/s1. The van der Waals surface area contributed by atoms with Crippen LogP contribution >= 0.6 is 12.2 Å². The van der Waals surface area contributed by atoms with Crippen molar-refractivity contribution in [2.24, 2.45) is 5.10 Å². The molecule has 11 nitrogen and oxygen atoms in total. The van der Waals surface area contributed by atoms with Gasteiger partial charge in [0, 0.05) is 16.8 Å². The fraction of sp³-hybridized carbons (Fsp3) is 0.233. The lowest BCUT2D eigenvalue weighted by atomic mass is 9.95. The molecule has 1 aliphatic rings. The molecule has 1 aromatic heterocycles. The Labute approximate surface area is 247 Å². The molecule has 2 heterocycles. The number of rotatable bonds is 10. The maximum atomic E-state index is 12.7. The lowest BCUT2D eigenvalue weighted by molar-refractivity contribution is -0.139. The zero-order chi connectivity index (χ0) is 30.2. The molecule has 0 spiro atoms. The first-order chi connectivity index (χ1) is 20.2. The van der Waals surface area contributed by atoms with Crippen LogP contribution in [-0.4, -0.2) is 49.5 Å². The first-order valence-electron chi connectivity index (χ1n) is 13.0. The number of carbonyl (C=O) groups is 3. The zero-order valence-corrected chi connectivity index (χ0v) is 24.3. The number of hydrogen-bond acceptors (Lipinski definition) is 9. The van der Waals surface area contributed by atoms with Gasteiger partial charge in [0.25, 0.3) is 5.91 Å². The number of hydrazone groups is 1. The number of nitrogens with zero attached hydrogens (tertiary/aromatic N) is 1. The van der Waals surface area contributed by atoms with Crippen LogP contribution in [0.15, 0.2) is 75.4 Å². The Morgan fingerprint density at radius 3 is 2.62 bits per heavy atom. The minimum atomic E-state index is -0.636. The molecule has 42 heavy (non-hydrogen) atoms. The fourth-order valence-electron chi connectivity index (χ4n) is 4.35. The summed E-state index contributed by atoms with van der Waals surface area (Å²) in [5, 5.41) is 10.3. The van der Waals surface area contributed by atoms with Gasteiger partial charge in [-0.05, 0) is 68.9 Å². The number of amides is 1. The second kappa shape index (κ2) is 13.6. The van der Waals surface area contributed by atoms with E-state index in [-0.39, 0.29) is 13.2 Å². The molecule has 3 N–H and O–H groups in total. The summed E-state index contributed by atoms with van der Waals surface area (Å²) in [6.45, 7) is 5.21. The van der Waals surface area contributed by atoms with Crippen LogP contribution in [0.3, 0.4) is 0 Å². The number of furan rings is 1. The largest absolute Gasteiger partial charge is 0.483 e. The molecule has 3 aromatic rings. The van der Waals surface area contributed by atoms with E-state index in [2.05, 4.69) is 21.2 Å². The van der Waals surface area contributed by atoms with Gasteiger partial charge in [0.05, 0.1) is 37.1 Å². The molecule has 2 aromatic carbocycles. The molecule has 0 bridgehead atoms. The van der Waals surface area contributed by atoms with Crippen molar-refractivity contribution in [1.29, 1.82) is 0 Å². The highest BCUT2D eigenvalue weighted by Gasteiger charge is 2.32. The monoisotopic (exact) mass is 590 g/mol. The first kappa shape index (κ1) is 30.0. The predicted molar refractivity (Wildman–Crippen MR) is 159 cm³/mol. The molecule has 0 radical (unpaired) electrons. The van der Waals surface area contributed by atoms with Gasteiger partial charge >= 0.3 is 11.9 Å². The number of ether oxygens (including phenoxy) is 3. The summed E-state index contributed by atoms with van der Waals surface area (Å²) < 4.78 is 21.6. The number of nitrogens with one attached hydrogen (secondary N) is 3. The molecule has 0 saturated carbocycles. The molecule has 0 unspecified atom stereocenters. The molecule has 0 aliphatic carbocycles. The minimum Gasteiger partial charge on any atom is -0.483 e. The van der Waals surface area contributed by atoms with Crippen molar-refractivity contribution in [1.82, 2.24) is 16.1 Å². The third kappa shape index (κ3) is 7.02. The lowest BCUT2D eigenvalue weighted by Crippen LogP contribution is -2.45. The second-order valence-corrected chi connectivity index (χ2v) is 9.54. The zero-order valence-electron chi connectivity index (χ0n) is 23.5. The SMILES string of the molecule is CCOC(=O)C1=C(C)NC(=S)N[C@H]1c1ccccc1OCC(=O)NN=Cc1ccc(-c2ccc(C(=O)OC)cc2C)o1. The maximum Gasteiger partial charge on any atom is 0.338 e. The van der Waals surface area contributed by atoms with Crippen molar-refractivity contribution in [3.63, 3.8) is 0 Å². The Bertz CT molecular complexity index is 1580. The van der Waals surface area contributed by atoms with E-state index >= 15 is 0 Å². The average molecular weight is 591 g/mol.